The summed E-state index contributed by atoms with van der Waals surface area (Å²) in [5.41, 5.74) is 1.55. The van der Waals surface area contributed by atoms with Crippen molar-refractivity contribution in [2.75, 3.05) is 5.32 Å². The molecule has 2 heterocycles. The Hall–Kier alpha value is -3.07. The molecular weight excluding hydrogens is 448 g/mol. The van der Waals surface area contributed by atoms with Gasteiger partial charge in [-0.1, -0.05) is 64.9 Å². The third-order valence-electron chi connectivity index (χ3n) is 3.96. The van der Waals surface area contributed by atoms with Gasteiger partial charge in [0.2, 0.25) is 5.91 Å². The topological polar surface area (TPSA) is 72.7 Å². The van der Waals surface area contributed by atoms with Crippen LogP contribution in [0.15, 0.2) is 61.2 Å². The van der Waals surface area contributed by atoms with Crippen LogP contribution in [0.1, 0.15) is 5.56 Å². The first kappa shape index (κ1) is 20.2. The number of amides is 1. The van der Waals surface area contributed by atoms with Gasteiger partial charge in [0, 0.05) is 11.6 Å². The number of thiazole rings is 1. The summed E-state index contributed by atoms with van der Waals surface area (Å²) in [6.07, 6.45) is 5.92. The van der Waals surface area contributed by atoms with Crippen molar-refractivity contribution in [3.8, 4) is 16.3 Å². The fourth-order valence-electron chi connectivity index (χ4n) is 2.60. The number of carbonyl (C=O) groups excluding carboxylic acids is 1. The predicted octanol–water partition coefficient (Wildman–Crippen LogP) is 5.49. The van der Waals surface area contributed by atoms with Gasteiger partial charge >= 0.3 is 0 Å². The number of benzene rings is 2. The molecule has 0 aliphatic carbocycles. The average Bonchev–Trinajstić information content (AvgIpc) is 3.40. The fraction of sp³-hybridized carbons (Fsp3) is 0. The number of hydrogen-bond acceptors (Lipinski definition) is 5. The highest BCUT2D eigenvalue weighted by Gasteiger charge is 2.20. The van der Waals surface area contributed by atoms with Crippen molar-refractivity contribution in [1.82, 2.24) is 19.7 Å². The fourth-order valence-corrected chi connectivity index (χ4v) is 3.98. The van der Waals surface area contributed by atoms with E-state index in [1.807, 2.05) is 30.3 Å². The summed E-state index contributed by atoms with van der Waals surface area (Å²) in [6, 6.07) is 11.9. The molecule has 0 aliphatic rings. The molecular formula is C20H12Cl2FN5OS. The molecule has 1 amide bonds. The van der Waals surface area contributed by atoms with Gasteiger partial charge in [-0.25, -0.2) is 19.0 Å². The van der Waals surface area contributed by atoms with Crippen LogP contribution >= 0.6 is 34.5 Å². The first-order valence-electron chi connectivity index (χ1n) is 8.56. The largest absolute Gasteiger partial charge is 0.298 e. The Kier molecular flexibility index (Phi) is 5.89. The number of hydrogen-bond donors (Lipinski definition) is 1. The van der Waals surface area contributed by atoms with Gasteiger partial charge in [-0.3, -0.25) is 10.1 Å². The van der Waals surface area contributed by atoms with Gasteiger partial charge in [0.15, 0.2) is 5.13 Å². The molecule has 0 radical (unpaired) electrons. The molecule has 0 saturated heterocycles. The van der Waals surface area contributed by atoms with Crippen LogP contribution in [0.5, 0.6) is 0 Å². The Labute approximate surface area is 184 Å². The van der Waals surface area contributed by atoms with E-state index < -0.39 is 5.82 Å². The Morgan fingerprint density at radius 2 is 1.97 bits per heavy atom. The molecule has 2 aromatic heterocycles. The third kappa shape index (κ3) is 4.40. The van der Waals surface area contributed by atoms with Gasteiger partial charge < -0.3 is 0 Å². The lowest BCUT2D eigenvalue weighted by molar-refractivity contribution is -0.111. The minimum atomic E-state index is -0.634. The molecule has 0 spiro atoms. The molecule has 1 N–H and O–H groups in total. The molecule has 2 aromatic carbocycles. The van der Waals surface area contributed by atoms with Crippen LogP contribution in [0, 0.1) is 5.82 Å². The maximum absolute atomic E-state index is 14.1. The highest BCUT2D eigenvalue weighted by molar-refractivity contribution is 7.18. The minimum absolute atomic E-state index is 0.0964. The van der Waals surface area contributed by atoms with Crippen molar-refractivity contribution in [3.63, 3.8) is 0 Å². The molecule has 4 aromatic rings. The summed E-state index contributed by atoms with van der Waals surface area (Å²) >= 11 is 13.2. The SMILES string of the molecule is O=C(/C=C/c1ccccc1)Nc1nc(-c2cc(F)c(Cl)cc2Cl)c(-n2cncn2)s1. The van der Waals surface area contributed by atoms with Gasteiger partial charge in [-0.15, -0.1) is 0 Å². The number of rotatable bonds is 5. The Morgan fingerprint density at radius 1 is 1.17 bits per heavy atom. The van der Waals surface area contributed by atoms with Crippen molar-refractivity contribution in [2.45, 2.75) is 0 Å². The van der Waals surface area contributed by atoms with Crippen LogP contribution in [-0.2, 0) is 4.79 Å². The lowest BCUT2D eigenvalue weighted by Crippen LogP contribution is -2.07. The summed E-state index contributed by atoms with van der Waals surface area (Å²) in [5, 5.41) is 7.73. The summed E-state index contributed by atoms with van der Waals surface area (Å²) in [4.78, 5) is 20.7. The van der Waals surface area contributed by atoms with E-state index in [0.717, 1.165) is 16.9 Å². The summed E-state index contributed by atoms with van der Waals surface area (Å²) in [6.45, 7) is 0. The van der Waals surface area contributed by atoms with Crippen LogP contribution in [0.2, 0.25) is 10.0 Å². The molecule has 0 fully saturated rings. The van der Waals surface area contributed by atoms with E-state index in [0.29, 0.717) is 21.4 Å². The number of aromatic nitrogens is 4. The van der Waals surface area contributed by atoms with Crippen molar-refractivity contribution >= 4 is 51.7 Å². The van der Waals surface area contributed by atoms with Gasteiger partial charge in [0.1, 0.15) is 29.2 Å². The zero-order valence-electron chi connectivity index (χ0n) is 15.1. The summed E-state index contributed by atoms with van der Waals surface area (Å²) in [7, 11) is 0. The number of anilines is 1. The smallest absolute Gasteiger partial charge is 0.250 e. The maximum atomic E-state index is 14.1. The highest BCUT2D eigenvalue weighted by Crippen LogP contribution is 2.39. The van der Waals surface area contributed by atoms with E-state index in [9.17, 15) is 9.18 Å². The molecule has 4 rings (SSSR count). The molecule has 150 valence electrons. The molecule has 0 saturated carbocycles. The van der Waals surface area contributed by atoms with Gasteiger partial charge in [-0.05, 0) is 23.8 Å². The van der Waals surface area contributed by atoms with Crippen LogP contribution in [0.25, 0.3) is 22.3 Å². The summed E-state index contributed by atoms with van der Waals surface area (Å²) in [5.74, 6) is -0.998. The lowest BCUT2D eigenvalue weighted by Gasteiger charge is -2.05. The Balaban J connectivity index is 1.67. The number of nitrogens with one attached hydrogen (secondary N) is 1. The summed E-state index contributed by atoms with van der Waals surface area (Å²) < 4.78 is 15.5. The quantitative estimate of drug-likeness (QED) is 0.316. The van der Waals surface area contributed by atoms with Gasteiger partial charge in [-0.2, -0.15) is 5.10 Å². The molecule has 0 aliphatic heterocycles. The molecule has 6 nitrogen and oxygen atoms in total. The Bertz CT molecular complexity index is 1230. The standard InChI is InChI=1S/C20H12Cl2FN5OS/c21-14-9-15(22)16(23)8-13(14)18-19(28-11-24-10-25-28)30-20(27-18)26-17(29)7-6-12-4-2-1-3-5-12/h1-11H,(H,26,27,29)/b7-6+. The van der Waals surface area contributed by atoms with E-state index >= 15 is 0 Å². The maximum Gasteiger partial charge on any atom is 0.250 e. The minimum Gasteiger partial charge on any atom is -0.298 e. The number of halogens is 3. The van der Waals surface area contributed by atoms with Crippen LogP contribution in [0.3, 0.4) is 0 Å². The number of carbonyl (C=O) groups is 1. The van der Waals surface area contributed by atoms with Crippen molar-refractivity contribution in [2.24, 2.45) is 0 Å². The van der Waals surface area contributed by atoms with Crippen molar-refractivity contribution in [3.05, 3.63) is 82.6 Å². The molecule has 10 heteroatoms. The second kappa shape index (κ2) is 8.74. The lowest BCUT2D eigenvalue weighted by atomic mass is 10.1. The number of nitrogens with zero attached hydrogens (tertiary/aromatic N) is 4. The molecule has 0 bridgehead atoms. The first-order chi connectivity index (χ1) is 14.5. The van der Waals surface area contributed by atoms with E-state index in [-0.39, 0.29) is 16.0 Å². The Morgan fingerprint density at radius 3 is 2.70 bits per heavy atom. The molecule has 0 unspecified atom stereocenters. The van der Waals surface area contributed by atoms with Crippen molar-refractivity contribution < 1.29 is 9.18 Å². The van der Waals surface area contributed by atoms with Gasteiger partial charge in [0.05, 0.1) is 10.0 Å². The zero-order chi connectivity index (χ0) is 21.1. The second-order valence-corrected chi connectivity index (χ2v) is 7.78. The van der Waals surface area contributed by atoms with E-state index in [1.165, 1.54) is 35.5 Å². The predicted molar refractivity (Wildman–Crippen MR) is 117 cm³/mol. The van der Waals surface area contributed by atoms with Gasteiger partial charge in [0.25, 0.3) is 0 Å². The van der Waals surface area contributed by atoms with E-state index in [2.05, 4.69) is 20.4 Å². The monoisotopic (exact) mass is 459 g/mol. The zero-order valence-corrected chi connectivity index (χ0v) is 17.4. The average molecular weight is 460 g/mol. The molecule has 0 atom stereocenters. The van der Waals surface area contributed by atoms with Crippen molar-refractivity contribution in [1.29, 1.82) is 0 Å². The second-order valence-electron chi connectivity index (χ2n) is 5.99. The van der Waals surface area contributed by atoms with E-state index in [4.69, 9.17) is 23.2 Å². The van der Waals surface area contributed by atoms with Crippen LogP contribution in [0.4, 0.5) is 9.52 Å². The van der Waals surface area contributed by atoms with Crippen LogP contribution in [-0.4, -0.2) is 25.7 Å². The molecule has 30 heavy (non-hydrogen) atoms. The van der Waals surface area contributed by atoms with Crippen LogP contribution < -0.4 is 5.32 Å². The highest BCUT2D eigenvalue weighted by atomic mass is 35.5. The normalized spacial score (nSPS) is 11.2. The van der Waals surface area contributed by atoms with E-state index in [1.54, 1.807) is 6.08 Å². The third-order valence-corrected chi connectivity index (χ3v) is 5.52. The first-order valence-corrected chi connectivity index (χ1v) is 10.1.